The summed E-state index contributed by atoms with van der Waals surface area (Å²) in [4.78, 5) is 13.8. The third-order valence-corrected chi connectivity index (χ3v) is 3.46. The molecule has 3 nitrogen and oxygen atoms in total. The van der Waals surface area contributed by atoms with Crippen LogP contribution in [-0.2, 0) is 0 Å². The van der Waals surface area contributed by atoms with Crippen LogP contribution in [0.5, 0.6) is 0 Å². The molecular formula is C14H20N2OS. The van der Waals surface area contributed by atoms with Gasteiger partial charge in [0.15, 0.2) is 0 Å². The Morgan fingerprint density at radius 1 is 1.39 bits per heavy atom. The Morgan fingerprint density at radius 3 is 2.67 bits per heavy atom. The van der Waals surface area contributed by atoms with Gasteiger partial charge in [-0.05, 0) is 12.0 Å². The summed E-state index contributed by atoms with van der Waals surface area (Å²) in [6.07, 6.45) is 0.882. The number of thiol groups is 1. The van der Waals surface area contributed by atoms with Gasteiger partial charge in [0.1, 0.15) is 0 Å². The average Bonchev–Trinajstić information content (AvgIpc) is 2.68. The van der Waals surface area contributed by atoms with Crippen LogP contribution in [0.4, 0.5) is 4.79 Å². The maximum absolute atomic E-state index is 11.9. The third-order valence-electron chi connectivity index (χ3n) is 3.23. The van der Waals surface area contributed by atoms with Crippen LogP contribution in [0, 0.1) is 0 Å². The summed E-state index contributed by atoms with van der Waals surface area (Å²) in [5.74, 6) is 0. The maximum atomic E-state index is 11.9. The van der Waals surface area contributed by atoms with Crippen LogP contribution in [0.15, 0.2) is 30.3 Å². The van der Waals surface area contributed by atoms with E-state index < -0.39 is 0 Å². The van der Waals surface area contributed by atoms with Gasteiger partial charge < -0.3 is 10.2 Å². The molecule has 1 atom stereocenters. The summed E-state index contributed by atoms with van der Waals surface area (Å²) in [5.41, 5.74) is 1.19. The Balaban J connectivity index is 2.09. The first-order valence-electron chi connectivity index (χ1n) is 6.29. The first kappa shape index (κ1) is 13.3. The Bertz CT molecular complexity index is 414. The molecule has 1 aromatic carbocycles. The molecule has 0 bridgehead atoms. The largest absolute Gasteiger partial charge is 0.336 e. The molecule has 1 aliphatic rings. The van der Waals surface area contributed by atoms with Gasteiger partial charge in [-0.2, -0.15) is 12.6 Å². The van der Waals surface area contributed by atoms with Crippen LogP contribution in [-0.4, -0.2) is 28.8 Å². The summed E-state index contributed by atoms with van der Waals surface area (Å²) in [6.45, 7) is 5.57. The number of urea groups is 1. The molecule has 1 N–H and O–H groups in total. The van der Waals surface area contributed by atoms with Crippen molar-refractivity contribution in [2.24, 2.45) is 0 Å². The van der Waals surface area contributed by atoms with Crippen LogP contribution in [0.25, 0.3) is 0 Å². The normalized spacial score (nSPS) is 20.1. The number of amides is 2. The Labute approximate surface area is 114 Å². The van der Waals surface area contributed by atoms with Crippen molar-refractivity contribution >= 4 is 18.7 Å². The highest BCUT2D eigenvalue weighted by Gasteiger charge is 2.32. The van der Waals surface area contributed by atoms with E-state index in [-0.39, 0.29) is 16.8 Å². The molecule has 18 heavy (non-hydrogen) atoms. The molecular weight excluding hydrogens is 244 g/mol. The van der Waals surface area contributed by atoms with Gasteiger partial charge in [-0.3, -0.25) is 0 Å². The second kappa shape index (κ2) is 5.22. The lowest BCUT2D eigenvalue weighted by atomic mass is 10.0. The number of nitrogens with one attached hydrogen (secondary N) is 1. The molecule has 2 amide bonds. The highest BCUT2D eigenvalue weighted by Crippen LogP contribution is 2.26. The zero-order valence-electron chi connectivity index (χ0n) is 10.9. The number of carbonyl (C=O) groups is 1. The van der Waals surface area contributed by atoms with E-state index in [1.165, 1.54) is 5.56 Å². The van der Waals surface area contributed by atoms with E-state index in [1.54, 1.807) is 0 Å². The quantitative estimate of drug-likeness (QED) is 0.805. The molecule has 0 aliphatic carbocycles. The topological polar surface area (TPSA) is 32.3 Å². The summed E-state index contributed by atoms with van der Waals surface area (Å²) < 4.78 is -0.0515. The van der Waals surface area contributed by atoms with Crippen molar-refractivity contribution in [3.05, 3.63) is 35.9 Å². The minimum atomic E-state index is -0.0515. The van der Waals surface area contributed by atoms with Crippen LogP contribution < -0.4 is 5.32 Å². The number of carbonyl (C=O) groups excluding carboxylic acids is 1. The van der Waals surface area contributed by atoms with E-state index in [2.05, 4.69) is 43.9 Å². The summed E-state index contributed by atoms with van der Waals surface area (Å²) in [5, 5.41) is 2.92. The number of hydrogen-bond acceptors (Lipinski definition) is 2. The van der Waals surface area contributed by atoms with E-state index in [9.17, 15) is 4.79 Å². The van der Waals surface area contributed by atoms with Crippen molar-refractivity contribution in [3.8, 4) is 0 Å². The molecule has 1 aromatic rings. The van der Waals surface area contributed by atoms with Crippen LogP contribution >= 0.6 is 12.6 Å². The Morgan fingerprint density at radius 2 is 2.06 bits per heavy atom. The van der Waals surface area contributed by atoms with Gasteiger partial charge >= 0.3 is 6.03 Å². The van der Waals surface area contributed by atoms with Crippen molar-refractivity contribution in [2.45, 2.75) is 31.1 Å². The van der Waals surface area contributed by atoms with Crippen LogP contribution in [0.2, 0.25) is 0 Å². The molecule has 0 spiro atoms. The average molecular weight is 264 g/mol. The summed E-state index contributed by atoms with van der Waals surface area (Å²) in [6, 6.07) is 10.3. The van der Waals surface area contributed by atoms with E-state index in [4.69, 9.17) is 0 Å². The Hall–Kier alpha value is -1.16. The lowest BCUT2D eigenvalue weighted by Crippen LogP contribution is -2.33. The number of rotatable bonds is 4. The van der Waals surface area contributed by atoms with Crippen LogP contribution in [0.1, 0.15) is 31.9 Å². The molecule has 98 valence electrons. The number of hydrogen-bond donors (Lipinski definition) is 2. The van der Waals surface area contributed by atoms with Gasteiger partial charge in [0.25, 0.3) is 0 Å². The number of nitrogens with zero attached hydrogens (tertiary/aromatic N) is 1. The monoisotopic (exact) mass is 264 g/mol. The second-order valence-corrected chi connectivity index (χ2v) is 6.58. The molecule has 1 saturated heterocycles. The highest BCUT2D eigenvalue weighted by atomic mass is 32.1. The SMILES string of the molecule is CC(C)(S)CCN1C(=O)NCC1c1ccccc1. The first-order chi connectivity index (χ1) is 8.47. The van der Waals surface area contributed by atoms with E-state index in [0.717, 1.165) is 13.0 Å². The minimum Gasteiger partial charge on any atom is -0.336 e. The predicted molar refractivity (Wildman–Crippen MR) is 77.0 cm³/mol. The molecule has 1 aliphatic heterocycles. The van der Waals surface area contributed by atoms with Gasteiger partial charge in [0, 0.05) is 17.8 Å². The fourth-order valence-electron chi connectivity index (χ4n) is 2.16. The van der Waals surface area contributed by atoms with E-state index >= 15 is 0 Å². The third kappa shape index (κ3) is 3.19. The smallest absolute Gasteiger partial charge is 0.318 e. The van der Waals surface area contributed by atoms with Gasteiger partial charge in [-0.1, -0.05) is 44.2 Å². The van der Waals surface area contributed by atoms with Gasteiger partial charge in [0.05, 0.1) is 6.04 Å². The Kier molecular flexibility index (Phi) is 3.85. The molecule has 1 unspecified atom stereocenters. The zero-order valence-corrected chi connectivity index (χ0v) is 11.8. The van der Waals surface area contributed by atoms with E-state index in [0.29, 0.717) is 6.54 Å². The second-order valence-electron chi connectivity index (χ2n) is 5.37. The van der Waals surface area contributed by atoms with Gasteiger partial charge in [-0.25, -0.2) is 4.79 Å². The number of benzene rings is 1. The fourth-order valence-corrected chi connectivity index (χ4v) is 2.26. The van der Waals surface area contributed by atoms with Crippen molar-refractivity contribution in [2.75, 3.05) is 13.1 Å². The fraction of sp³-hybridized carbons (Fsp3) is 0.500. The molecule has 1 heterocycles. The molecule has 0 aromatic heterocycles. The standard InChI is InChI=1S/C14H20N2OS/c1-14(2,18)8-9-16-12(10-15-13(16)17)11-6-4-3-5-7-11/h3-7,12,18H,8-10H2,1-2H3,(H,15,17). The molecule has 2 rings (SSSR count). The maximum Gasteiger partial charge on any atom is 0.318 e. The van der Waals surface area contributed by atoms with E-state index in [1.807, 2.05) is 23.1 Å². The van der Waals surface area contributed by atoms with Gasteiger partial charge in [-0.15, -0.1) is 0 Å². The molecule has 4 heteroatoms. The minimum absolute atomic E-state index is 0.0291. The van der Waals surface area contributed by atoms with Crippen molar-refractivity contribution in [3.63, 3.8) is 0 Å². The van der Waals surface area contributed by atoms with Crippen molar-refractivity contribution < 1.29 is 4.79 Å². The summed E-state index contributed by atoms with van der Waals surface area (Å²) >= 11 is 4.52. The lowest BCUT2D eigenvalue weighted by molar-refractivity contribution is 0.201. The predicted octanol–water partition coefficient (Wildman–Crippen LogP) is 2.85. The first-order valence-corrected chi connectivity index (χ1v) is 6.74. The molecule has 1 fully saturated rings. The van der Waals surface area contributed by atoms with Crippen molar-refractivity contribution in [1.82, 2.24) is 10.2 Å². The van der Waals surface area contributed by atoms with Crippen LogP contribution in [0.3, 0.4) is 0 Å². The molecule has 0 radical (unpaired) electrons. The lowest BCUT2D eigenvalue weighted by Gasteiger charge is -2.27. The zero-order chi connectivity index (χ0) is 13.2. The van der Waals surface area contributed by atoms with Crippen molar-refractivity contribution in [1.29, 1.82) is 0 Å². The van der Waals surface area contributed by atoms with Gasteiger partial charge in [0.2, 0.25) is 0 Å². The summed E-state index contributed by atoms with van der Waals surface area (Å²) in [7, 11) is 0. The highest BCUT2D eigenvalue weighted by molar-refractivity contribution is 7.81. The molecule has 0 saturated carbocycles.